The van der Waals surface area contributed by atoms with E-state index in [9.17, 15) is 13.2 Å². The van der Waals surface area contributed by atoms with Crippen molar-refractivity contribution in [1.29, 1.82) is 0 Å². The third-order valence-electron chi connectivity index (χ3n) is 2.09. The summed E-state index contributed by atoms with van der Waals surface area (Å²) in [6.45, 7) is 0. The number of allylic oxidation sites excluding steroid dienone is 2. The SMILES string of the molecule is CN1C(=O)C2=C(C=CC=C=C2)S1(=O)=O. The average molecular weight is 209 g/mol. The first kappa shape index (κ1) is 8.99. The van der Waals surface area contributed by atoms with E-state index in [1.165, 1.54) is 19.2 Å². The maximum atomic E-state index is 11.6. The lowest BCUT2D eigenvalue weighted by molar-refractivity contribution is -0.121. The van der Waals surface area contributed by atoms with Crippen molar-refractivity contribution in [3.05, 3.63) is 40.5 Å². The minimum atomic E-state index is -3.61. The number of rotatable bonds is 0. The number of amides is 1. The molecule has 0 fully saturated rings. The van der Waals surface area contributed by atoms with Crippen molar-refractivity contribution in [3.8, 4) is 0 Å². The molecule has 0 N–H and O–H groups in total. The Morgan fingerprint density at radius 3 is 2.86 bits per heavy atom. The highest BCUT2D eigenvalue weighted by molar-refractivity contribution is 7.94. The second-order valence-electron chi connectivity index (χ2n) is 2.89. The van der Waals surface area contributed by atoms with E-state index in [0.29, 0.717) is 0 Å². The van der Waals surface area contributed by atoms with E-state index in [-0.39, 0.29) is 10.5 Å². The first-order valence-electron chi connectivity index (χ1n) is 3.92. The normalized spacial score (nSPS) is 22.9. The van der Waals surface area contributed by atoms with Gasteiger partial charge in [-0.3, -0.25) is 4.79 Å². The number of nitrogens with zero attached hydrogens (tertiary/aromatic N) is 1. The summed E-state index contributed by atoms with van der Waals surface area (Å²) in [6, 6.07) is 0. The molecule has 14 heavy (non-hydrogen) atoms. The Labute approximate surface area is 81.6 Å². The van der Waals surface area contributed by atoms with Crippen LogP contribution in [0.3, 0.4) is 0 Å². The van der Waals surface area contributed by atoms with E-state index in [1.54, 1.807) is 12.2 Å². The highest BCUT2D eigenvalue weighted by Gasteiger charge is 2.38. The van der Waals surface area contributed by atoms with Gasteiger partial charge in [0, 0.05) is 7.05 Å². The van der Waals surface area contributed by atoms with Crippen LogP contribution in [0.2, 0.25) is 0 Å². The van der Waals surface area contributed by atoms with Crippen LogP contribution in [-0.2, 0) is 14.8 Å². The maximum Gasteiger partial charge on any atom is 0.269 e. The Bertz CT molecular complexity index is 530. The molecule has 4 nitrogen and oxygen atoms in total. The monoisotopic (exact) mass is 209 g/mol. The third-order valence-corrected chi connectivity index (χ3v) is 3.89. The Balaban J connectivity index is 2.76. The van der Waals surface area contributed by atoms with Crippen LogP contribution in [-0.4, -0.2) is 25.7 Å². The molecular weight excluding hydrogens is 202 g/mol. The van der Waals surface area contributed by atoms with Gasteiger partial charge in [-0.1, -0.05) is 6.08 Å². The first-order chi connectivity index (χ1) is 6.55. The summed E-state index contributed by atoms with van der Waals surface area (Å²) in [4.78, 5) is 11.5. The molecule has 0 bridgehead atoms. The van der Waals surface area contributed by atoms with Gasteiger partial charge < -0.3 is 0 Å². The summed E-state index contributed by atoms with van der Waals surface area (Å²) in [5.41, 5.74) is 2.88. The van der Waals surface area contributed by atoms with Crippen molar-refractivity contribution in [2.24, 2.45) is 0 Å². The van der Waals surface area contributed by atoms with Gasteiger partial charge in [0.2, 0.25) is 0 Å². The molecule has 0 unspecified atom stereocenters. The Morgan fingerprint density at radius 1 is 1.43 bits per heavy atom. The fraction of sp³-hybridized carbons (Fsp3) is 0.111. The molecule has 1 aliphatic heterocycles. The zero-order valence-electron chi connectivity index (χ0n) is 7.39. The molecule has 0 radical (unpaired) electrons. The van der Waals surface area contributed by atoms with Gasteiger partial charge in [-0.25, -0.2) is 12.7 Å². The fourth-order valence-corrected chi connectivity index (χ4v) is 2.59. The number of carbonyl (C=O) groups is 1. The van der Waals surface area contributed by atoms with E-state index in [0.717, 1.165) is 4.31 Å². The molecule has 0 saturated heterocycles. The molecule has 0 spiro atoms. The second kappa shape index (κ2) is 2.70. The summed E-state index contributed by atoms with van der Waals surface area (Å²) in [5.74, 6) is -0.507. The van der Waals surface area contributed by atoms with Crippen LogP contribution in [0.15, 0.2) is 40.5 Å². The molecule has 0 saturated carbocycles. The van der Waals surface area contributed by atoms with Crippen LogP contribution in [0.4, 0.5) is 0 Å². The van der Waals surface area contributed by atoms with Crippen molar-refractivity contribution >= 4 is 15.9 Å². The molecule has 1 heterocycles. The predicted octanol–water partition coefficient (Wildman–Crippen LogP) is 0.323. The molecule has 2 rings (SSSR count). The lowest BCUT2D eigenvalue weighted by atomic mass is 10.2. The summed E-state index contributed by atoms with van der Waals surface area (Å²) in [6.07, 6.45) is 5.89. The van der Waals surface area contributed by atoms with Crippen molar-refractivity contribution in [1.82, 2.24) is 4.31 Å². The Hall–Kier alpha value is -1.58. The molecule has 0 atom stereocenters. The lowest BCUT2D eigenvalue weighted by Gasteiger charge is -2.07. The van der Waals surface area contributed by atoms with Gasteiger partial charge in [-0.15, -0.1) is 5.73 Å². The number of sulfonamides is 1. The maximum absolute atomic E-state index is 11.6. The largest absolute Gasteiger partial charge is 0.269 e. The minimum Gasteiger partial charge on any atom is -0.268 e. The van der Waals surface area contributed by atoms with E-state index in [4.69, 9.17) is 0 Å². The van der Waals surface area contributed by atoms with Crippen LogP contribution in [0.1, 0.15) is 0 Å². The Kier molecular flexibility index (Phi) is 1.74. The van der Waals surface area contributed by atoms with E-state index in [2.05, 4.69) is 5.73 Å². The van der Waals surface area contributed by atoms with Gasteiger partial charge >= 0.3 is 0 Å². The number of hydrogen-bond donors (Lipinski definition) is 0. The lowest BCUT2D eigenvalue weighted by Crippen LogP contribution is -2.26. The van der Waals surface area contributed by atoms with Crippen molar-refractivity contribution in [2.75, 3.05) is 7.05 Å². The van der Waals surface area contributed by atoms with Crippen LogP contribution < -0.4 is 0 Å². The van der Waals surface area contributed by atoms with Crippen molar-refractivity contribution < 1.29 is 13.2 Å². The molecule has 1 aliphatic carbocycles. The molecule has 72 valence electrons. The fourth-order valence-electron chi connectivity index (χ4n) is 1.30. The average Bonchev–Trinajstić information content (AvgIpc) is 2.41. The number of carbonyl (C=O) groups excluding carboxylic acids is 1. The van der Waals surface area contributed by atoms with E-state index >= 15 is 0 Å². The molecule has 5 heteroatoms. The third kappa shape index (κ3) is 0.999. The number of likely N-dealkylation sites (N-methyl/N-ethyl adjacent to an activating group) is 1. The highest BCUT2D eigenvalue weighted by Crippen LogP contribution is 2.28. The van der Waals surface area contributed by atoms with Gasteiger partial charge in [0.05, 0.1) is 5.57 Å². The standard InChI is InChI=1S/C9H7NO3S/c1-10-9(11)7-5-3-2-4-6-8(7)14(10,12)13/h2,4-6H,1H3. The molecule has 0 aromatic rings. The zero-order valence-corrected chi connectivity index (χ0v) is 8.21. The summed E-state index contributed by atoms with van der Waals surface area (Å²) in [5, 5.41) is 0. The van der Waals surface area contributed by atoms with E-state index in [1.807, 2.05) is 0 Å². The summed E-state index contributed by atoms with van der Waals surface area (Å²) in [7, 11) is -2.37. The van der Waals surface area contributed by atoms with Gasteiger partial charge in [-0.2, -0.15) is 0 Å². The first-order valence-corrected chi connectivity index (χ1v) is 5.36. The zero-order chi connectivity index (χ0) is 10.3. The summed E-state index contributed by atoms with van der Waals surface area (Å²) >= 11 is 0. The Morgan fingerprint density at radius 2 is 2.14 bits per heavy atom. The number of hydrogen-bond acceptors (Lipinski definition) is 3. The van der Waals surface area contributed by atoms with Crippen LogP contribution >= 0.6 is 0 Å². The minimum absolute atomic E-state index is 0.0475. The van der Waals surface area contributed by atoms with Gasteiger partial charge in [-0.05, 0) is 18.2 Å². The predicted molar refractivity (Wildman–Crippen MR) is 50.5 cm³/mol. The van der Waals surface area contributed by atoms with Crippen LogP contribution in [0.25, 0.3) is 0 Å². The highest BCUT2D eigenvalue weighted by atomic mass is 32.2. The quantitative estimate of drug-likeness (QED) is 0.540. The molecule has 0 aromatic heterocycles. The van der Waals surface area contributed by atoms with E-state index < -0.39 is 15.9 Å². The van der Waals surface area contributed by atoms with Crippen LogP contribution in [0, 0.1) is 0 Å². The van der Waals surface area contributed by atoms with Gasteiger partial charge in [0.15, 0.2) is 0 Å². The molecule has 0 aromatic carbocycles. The van der Waals surface area contributed by atoms with Gasteiger partial charge in [0.1, 0.15) is 4.91 Å². The van der Waals surface area contributed by atoms with Crippen molar-refractivity contribution in [3.63, 3.8) is 0 Å². The summed E-state index contributed by atoms with van der Waals surface area (Å²) < 4.78 is 24.0. The van der Waals surface area contributed by atoms with Gasteiger partial charge in [0.25, 0.3) is 15.9 Å². The smallest absolute Gasteiger partial charge is 0.268 e. The molecule has 1 amide bonds. The molecule has 2 aliphatic rings. The molecular formula is C9H7NO3S. The topological polar surface area (TPSA) is 54.5 Å². The second-order valence-corrected chi connectivity index (χ2v) is 4.83. The van der Waals surface area contributed by atoms with Crippen molar-refractivity contribution in [2.45, 2.75) is 0 Å². The van der Waals surface area contributed by atoms with Crippen LogP contribution in [0.5, 0.6) is 0 Å².